The fourth-order valence-electron chi connectivity index (χ4n) is 3.26. The first-order valence-electron chi connectivity index (χ1n) is 7.83. The van der Waals surface area contributed by atoms with Gasteiger partial charge in [-0.1, -0.05) is 31.2 Å². The summed E-state index contributed by atoms with van der Waals surface area (Å²) in [7, 11) is 0. The monoisotopic (exact) mass is 268 g/mol. The first-order valence-corrected chi connectivity index (χ1v) is 7.83. The highest BCUT2D eigenvalue weighted by molar-refractivity contribution is 5.32. The number of benzene rings is 1. The fourth-order valence-corrected chi connectivity index (χ4v) is 3.26. The molecule has 2 heteroatoms. The SMILES string of the molecule is CCCn1cccc1CNC1CCCc2ccccc21. The molecule has 1 unspecified atom stereocenters. The molecule has 2 aromatic rings. The van der Waals surface area contributed by atoms with Crippen LogP contribution in [0.1, 0.15) is 49.0 Å². The number of aryl methyl sites for hydroxylation is 2. The van der Waals surface area contributed by atoms with E-state index < -0.39 is 0 Å². The number of aromatic nitrogens is 1. The Morgan fingerprint density at radius 3 is 3.00 bits per heavy atom. The lowest BCUT2D eigenvalue weighted by atomic mass is 9.88. The maximum Gasteiger partial charge on any atom is 0.0364 e. The van der Waals surface area contributed by atoms with Gasteiger partial charge in [-0.3, -0.25) is 0 Å². The van der Waals surface area contributed by atoms with Crippen LogP contribution in [0, 0.1) is 0 Å². The van der Waals surface area contributed by atoms with Gasteiger partial charge in [0.2, 0.25) is 0 Å². The molecule has 1 aromatic carbocycles. The van der Waals surface area contributed by atoms with E-state index >= 15 is 0 Å². The Bertz CT molecular complexity index is 556. The zero-order valence-electron chi connectivity index (χ0n) is 12.3. The Morgan fingerprint density at radius 1 is 1.20 bits per heavy atom. The minimum absolute atomic E-state index is 0.518. The molecule has 0 spiro atoms. The van der Waals surface area contributed by atoms with Crippen LogP contribution in [0.5, 0.6) is 0 Å². The molecule has 0 saturated carbocycles. The Morgan fingerprint density at radius 2 is 2.10 bits per heavy atom. The standard InChI is InChI=1S/C18H24N2/c1-2-12-20-13-6-9-16(20)14-19-18-11-5-8-15-7-3-4-10-17(15)18/h3-4,6-7,9-10,13,18-19H,2,5,8,11-12,14H2,1H3. The van der Waals surface area contributed by atoms with Crippen LogP contribution >= 0.6 is 0 Å². The van der Waals surface area contributed by atoms with Gasteiger partial charge in [-0.05, 0) is 48.9 Å². The molecule has 0 amide bonds. The van der Waals surface area contributed by atoms with Gasteiger partial charge in [0.05, 0.1) is 0 Å². The Hall–Kier alpha value is -1.54. The predicted molar refractivity (Wildman–Crippen MR) is 83.7 cm³/mol. The summed E-state index contributed by atoms with van der Waals surface area (Å²) in [6.45, 7) is 4.31. The number of fused-ring (bicyclic) bond motifs is 1. The molecule has 0 fully saturated rings. The van der Waals surface area contributed by atoms with Crippen LogP contribution in [0.2, 0.25) is 0 Å². The van der Waals surface area contributed by atoms with E-state index in [9.17, 15) is 0 Å². The van der Waals surface area contributed by atoms with E-state index in [1.807, 2.05) is 0 Å². The predicted octanol–water partition coefficient (Wildman–Crippen LogP) is 4.07. The van der Waals surface area contributed by atoms with Crippen molar-refractivity contribution in [3.05, 3.63) is 59.4 Å². The van der Waals surface area contributed by atoms with E-state index in [2.05, 4.69) is 59.4 Å². The van der Waals surface area contributed by atoms with Crippen molar-refractivity contribution in [3.63, 3.8) is 0 Å². The van der Waals surface area contributed by atoms with Crippen LogP contribution in [0.15, 0.2) is 42.6 Å². The average Bonchev–Trinajstić information content (AvgIpc) is 2.93. The highest BCUT2D eigenvalue weighted by Gasteiger charge is 2.19. The number of nitrogens with zero attached hydrogens (tertiary/aromatic N) is 1. The van der Waals surface area contributed by atoms with Gasteiger partial charge in [-0.2, -0.15) is 0 Å². The molecule has 1 atom stereocenters. The van der Waals surface area contributed by atoms with Crippen LogP contribution < -0.4 is 5.32 Å². The maximum atomic E-state index is 3.76. The smallest absolute Gasteiger partial charge is 0.0364 e. The van der Waals surface area contributed by atoms with E-state index in [1.54, 1.807) is 0 Å². The van der Waals surface area contributed by atoms with Crippen molar-refractivity contribution in [1.29, 1.82) is 0 Å². The van der Waals surface area contributed by atoms with Gasteiger partial charge in [-0.15, -0.1) is 0 Å². The van der Waals surface area contributed by atoms with E-state index in [4.69, 9.17) is 0 Å². The molecule has 1 aliphatic rings. The molecular formula is C18H24N2. The normalized spacial score (nSPS) is 17.9. The Balaban J connectivity index is 1.69. The lowest BCUT2D eigenvalue weighted by Crippen LogP contribution is -2.25. The molecule has 0 saturated heterocycles. The summed E-state index contributed by atoms with van der Waals surface area (Å²) in [5, 5.41) is 3.76. The van der Waals surface area contributed by atoms with Gasteiger partial charge in [0.1, 0.15) is 0 Å². The molecule has 0 aliphatic heterocycles. The number of rotatable bonds is 5. The summed E-state index contributed by atoms with van der Waals surface area (Å²) >= 11 is 0. The molecule has 1 N–H and O–H groups in total. The summed E-state index contributed by atoms with van der Waals surface area (Å²) < 4.78 is 2.36. The molecule has 3 rings (SSSR count). The van der Waals surface area contributed by atoms with Crippen LogP contribution in [-0.4, -0.2) is 4.57 Å². The van der Waals surface area contributed by atoms with Gasteiger partial charge < -0.3 is 9.88 Å². The van der Waals surface area contributed by atoms with Crippen LogP contribution in [-0.2, 0) is 19.5 Å². The second-order valence-corrected chi connectivity index (χ2v) is 5.72. The van der Waals surface area contributed by atoms with Gasteiger partial charge in [0.25, 0.3) is 0 Å². The highest BCUT2D eigenvalue weighted by atomic mass is 15.0. The van der Waals surface area contributed by atoms with Crippen molar-refractivity contribution in [2.45, 2.75) is 51.7 Å². The molecule has 1 aromatic heterocycles. The van der Waals surface area contributed by atoms with E-state index in [0.717, 1.165) is 13.1 Å². The number of nitrogens with one attached hydrogen (secondary N) is 1. The van der Waals surface area contributed by atoms with Crippen molar-refractivity contribution >= 4 is 0 Å². The lowest BCUT2D eigenvalue weighted by Gasteiger charge is -2.26. The quantitative estimate of drug-likeness (QED) is 0.865. The summed E-state index contributed by atoms with van der Waals surface area (Å²) in [4.78, 5) is 0. The van der Waals surface area contributed by atoms with Crippen molar-refractivity contribution < 1.29 is 0 Å². The van der Waals surface area contributed by atoms with Crippen LogP contribution in [0.3, 0.4) is 0 Å². The minimum atomic E-state index is 0.518. The summed E-state index contributed by atoms with van der Waals surface area (Å²) in [6.07, 6.45) is 7.17. The third-order valence-corrected chi connectivity index (χ3v) is 4.29. The van der Waals surface area contributed by atoms with E-state index in [-0.39, 0.29) is 0 Å². The van der Waals surface area contributed by atoms with Crippen molar-refractivity contribution in [2.75, 3.05) is 0 Å². The number of hydrogen-bond donors (Lipinski definition) is 1. The maximum absolute atomic E-state index is 3.76. The molecule has 106 valence electrons. The van der Waals surface area contributed by atoms with Crippen molar-refractivity contribution in [1.82, 2.24) is 9.88 Å². The largest absolute Gasteiger partial charge is 0.350 e. The molecule has 1 aliphatic carbocycles. The molecule has 1 heterocycles. The fraction of sp³-hybridized carbons (Fsp3) is 0.444. The Labute approximate surface area is 121 Å². The van der Waals surface area contributed by atoms with Crippen molar-refractivity contribution in [3.8, 4) is 0 Å². The molecule has 0 bridgehead atoms. The van der Waals surface area contributed by atoms with Crippen LogP contribution in [0.25, 0.3) is 0 Å². The first-order chi connectivity index (χ1) is 9.88. The Kier molecular flexibility index (Phi) is 4.22. The second-order valence-electron chi connectivity index (χ2n) is 5.72. The summed E-state index contributed by atoms with van der Waals surface area (Å²) in [5.74, 6) is 0. The van der Waals surface area contributed by atoms with Crippen molar-refractivity contribution in [2.24, 2.45) is 0 Å². The molecule has 20 heavy (non-hydrogen) atoms. The van der Waals surface area contributed by atoms with Crippen LogP contribution in [0.4, 0.5) is 0 Å². The van der Waals surface area contributed by atoms with Gasteiger partial charge >= 0.3 is 0 Å². The lowest BCUT2D eigenvalue weighted by molar-refractivity contribution is 0.449. The van der Waals surface area contributed by atoms with E-state index in [1.165, 1.54) is 42.5 Å². The molecule has 2 nitrogen and oxygen atoms in total. The highest BCUT2D eigenvalue weighted by Crippen LogP contribution is 2.29. The average molecular weight is 268 g/mol. The minimum Gasteiger partial charge on any atom is -0.350 e. The molecule has 0 radical (unpaired) electrons. The topological polar surface area (TPSA) is 17.0 Å². The summed E-state index contributed by atoms with van der Waals surface area (Å²) in [5.41, 5.74) is 4.43. The van der Waals surface area contributed by atoms with Gasteiger partial charge in [-0.25, -0.2) is 0 Å². The first kappa shape index (κ1) is 13.4. The van der Waals surface area contributed by atoms with E-state index in [0.29, 0.717) is 6.04 Å². The molecular weight excluding hydrogens is 244 g/mol. The summed E-state index contributed by atoms with van der Waals surface area (Å²) in [6, 6.07) is 13.8. The third-order valence-electron chi connectivity index (χ3n) is 4.29. The van der Waals surface area contributed by atoms with Gasteiger partial charge in [0.15, 0.2) is 0 Å². The zero-order chi connectivity index (χ0) is 13.8. The van der Waals surface area contributed by atoms with Gasteiger partial charge in [0, 0.05) is 31.0 Å². The second kappa shape index (κ2) is 6.27. The third kappa shape index (κ3) is 2.80. The zero-order valence-corrected chi connectivity index (χ0v) is 12.3. The number of hydrogen-bond acceptors (Lipinski definition) is 1.